The number of methoxy groups -OCH3 is 1. The lowest BCUT2D eigenvalue weighted by Gasteiger charge is -2.09. The van der Waals surface area contributed by atoms with Gasteiger partial charge in [0.1, 0.15) is 0 Å². The van der Waals surface area contributed by atoms with Gasteiger partial charge in [-0.1, -0.05) is 6.08 Å². The van der Waals surface area contributed by atoms with Crippen LogP contribution in [0.2, 0.25) is 0 Å². The molecule has 0 aliphatic heterocycles. The van der Waals surface area contributed by atoms with E-state index < -0.39 is 0 Å². The van der Waals surface area contributed by atoms with E-state index in [9.17, 15) is 4.79 Å². The molecule has 1 saturated carbocycles. The summed E-state index contributed by atoms with van der Waals surface area (Å²) >= 11 is 0. The van der Waals surface area contributed by atoms with Gasteiger partial charge >= 0.3 is 5.97 Å². The van der Waals surface area contributed by atoms with Gasteiger partial charge in [0.2, 0.25) is 0 Å². The molecular formula is C9H12O2. The van der Waals surface area contributed by atoms with Gasteiger partial charge in [0.05, 0.1) is 7.11 Å². The molecule has 11 heavy (non-hydrogen) atoms. The van der Waals surface area contributed by atoms with E-state index in [0.29, 0.717) is 11.8 Å². The highest BCUT2D eigenvalue weighted by atomic mass is 16.5. The summed E-state index contributed by atoms with van der Waals surface area (Å²) in [4.78, 5) is 11.1. The third-order valence-electron chi connectivity index (χ3n) is 2.75. The van der Waals surface area contributed by atoms with Crippen molar-refractivity contribution in [3.8, 4) is 0 Å². The molecule has 2 aliphatic carbocycles. The van der Waals surface area contributed by atoms with Crippen LogP contribution < -0.4 is 0 Å². The summed E-state index contributed by atoms with van der Waals surface area (Å²) in [5.74, 6) is 1.08. The minimum absolute atomic E-state index is 0.114. The largest absolute Gasteiger partial charge is 0.466 e. The van der Waals surface area contributed by atoms with Crippen LogP contribution in [0.15, 0.2) is 11.6 Å². The van der Waals surface area contributed by atoms with Gasteiger partial charge in [-0.2, -0.15) is 0 Å². The Morgan fingerprint density at radius 3 is 2.91 bits per heavy atom. The first-order chi connectivity index (χ1) is 5.31. The molecule has 0 aromatic rings. The number of carbonyl (C=O) groups is 1. The highest BCUT2D eigenvalue weighted by Crippen LogP contribution is 2.43. The first-order valence-electron chi connectivity index (χ1n) is 4.11. The molecule has 1 fully saturated rings. The number of rotatable bonds is 1. The highest BCUT2D eigenvalue weighted by molar-refractivity contribution is 5.89. The third-order valence-corrected chi connectivity index (χ3v) is 2.75. The molecule has 0 spiro atoms. The molecule has 0 unspecified atom stereocenters. The van der Waals surface area contributed by atoms with Crippen LogP contribution in [0.4, 0.5) is 0 Å². The summed E-state index contributed by atoms with van der Waals surface area (Å²) in [5.41, 5.74) is 0.934. The summed E-state index contributed by atoms with van der Waals surface area (Å²) < 4.78 is 4.68. The van der Waals surface area contributed by atoms with E-state index in [0.717, 1.165) is 5.57 Å². The first kappa shape index (κ1) is 6.89. The zero-order chi connectivity index (χ0) is 7.84. The predicted octanol–water partition coefficient (Wildman–Crippen LogP) is 1.52. The molecule has 0 N–H and O–H groups in total. The van der Waals surface area contributed by atoms with Gasteiger partial charge in [-0.15, -0.1) is 0 Å². The van der Waals surface area contributed by atoms with E-state index in [4.69, 9.17) is 0 Å². The van der Waals surface area contributed by atoms with E-state index in [2.05, 4.69) is 10.8 Å². The van der Waals surface area contributed by atoms with E-state index in [1.165, 1.54) is 26.4 Å². The van der Waals surface area contributed by atoms with Gasteiger partial charge in [0.25, 0.3) is 0 Å². The van der Waals surface area contributed by atoms with E-state index in [1.54, 1.807) is 0 Å². The maximum Gasteiger partial charge on any atom is 0.333 e. The second-order valence-electron chi connectivity index (χ2n) is 3.38. The van der Waals surface area contributed by atoms with Gasteiger partial charge in [-0.3, -0.25) is 0 Å². The molecule has 0 heterocycles. The molecule has 2 rings (SSSR count). The molecule has 2 nitrogen and oxygen atoms in total. The Bertz CT molecular complexity index is 218. The summed E-state index contributed by atoms with van der Waals surface area (Å²) in [5, 5.41) is 0. The monoisotopic (exact) mass is 152 g/mol. The van der Waals surface area contributed by atoms with Crippen molar-refractivity contribution in [1.29, 1.82) is 0 Å². The Labute approximate surface area is 66.2 Å². The van der Waals surface area contributed by atoms with Crippen LogP contribution in [0.3, 0.4) is 0 Å². The average molecular weight is 152 g/mol. The maximum atomic E-state index is 11.1. The summed E-state index contributed by atoms with van der Waals surface area (Å²) in [6.45, 7) is 0. The fourth-order valence-corrected chi connectivity index (χ4v) is 2.19. The number of esters is 1. The van der Waals surface area contributed by atoms with Crippen LogP contribution >= 0.6 is 0 Å². The zero-order valence-electron chi connectivity index (χ0n) is 6.67. The van der Waals surface area contributed by atoms with Gasteiger partial charge in [0, 0.05) is 5.57 Å². The van der Waals surface area contributed by atoms with Gasteiger partial charge in [0.15, 0.2) is 0 Å². The third kappa shape index (κ3) is 0.971. The first-order valence-corrected chi connectivity index (χ1v) is 4.11. The van der Waals surface area contributed by atoms with Crippen LogP contribution in [0, 0.1) is 11.8 Å². The molecule has 2 heteroatoms. The highest BCUT2D eigenvalue weighted by Gasteiger charge is 2.36. The van der Waals surface area contributed by atoms with Crippen molar-refractivity contribution in [2.75, 3.05) is 7.11 Å². The van der Waals surface area contributed by atoms with Crippen LogP contribution in [-0.4, -0.2) is 13.1 Å². The number of carbonyl (C=O) groups excluding carboxylic acids is 1. The van der Waals surface area contributed by atoms with Crippen molar-refractivity contribution in [1.82, 2.24) is 0 Å². The molecule has 0 radical (unpaired) electrons. The molecule has 0 amide bonds. The van der Waals surface area contributed by atoms with Crippen molar-refractivity contribution in [2.45, 2.75) is 19.3 Å². The summed E-state index contributed by atoms with van der Waals surface area (Å²) in [7, 11) is 1.45. The van der Waals surface area contributed by atoms with E-state index in [-0.39, 0.29) is 5.97 Å². The van der Waals surface area contributed by atoms with Gasteiger partial charge < -0.3 is 4.74 Å². The average Bonchev–Trinajstić information content (AvgIpc) is 2.62. The smallest absolute Gasteiger partial charge is 0.333 e. The number of allylic oxidation sites excluding steroid dienone is 1. The molecule has 2 aliphatic rings. The Kier molecular flexibility index (Phi) is 1.48. The van der Waals surface area contributed by atoms with Crippen molar-refractivity contribution >= 4 is 5.97 Å². The van der Waals surface area contributed by atoms with Gasteiger partial charge in [-0.05, 0) is 31.1 Å². The molecular weight excluding hydrogens is 140 g/mol. The SMILES string of the molecule is COC(=O)C1=C[C@H]2CC[C@@H]1C2. The zero-order valence-corrected chi connectivity index (χ0v) is 6.67. The minimum Gasteiger partial charge on any atom is -0.466 e. The lowest BCUT2D eigenvalue weighted by molar-refractivity contribution is -0.136. The standard InChI is InChI=1S/C9H12O2/c1-11-9(10)8-5-6-2-3-7(8)4-6/h5-7H,2-4H2,1H3/t6-,7+/m0/s1. The quantitative estimate of drug-likeness (QED) is 0.532. The number of hydrogen-bond acceptors (Lipinski definition) is 2. The number of hydrogen-bond donors (Lipinski definition) is 0. The van der Waals surface area contributed by atoms with Crippen molar-refractivity contribution < 1.29 is 9.53 Å². The Balaban J connectivity index is 2.16. The topological polar surface area (TPSA) is 26.3 Å². The molecule has 2 bridgehead atoms. The van der Waals surface area contributed by atoms with Crippen LogP contribution in [0.5, 0.6) is 0 Å². The van der Waals surface area contributed by atoms with Crippen LogP contribution in [-0.2, 0) is 9.53 Å². The van der Waals surface area contributed by atoms with E-state index >= 15 is 0 Å². The van der Waals surface area contributed by atoms with Crippen molar-refractivity contribution in [2.24, 2.45) is 11.8 Å². The summed E-state index contributed by atoms with van der Waals surface area (Å²) in [6.07, 6.45) is 5.74. The Hall–Kier alpha value is -0.790. The molecule has 0 saturated heterocycles. The van der Waals surface area contributed by atoms with E-state index in [1.807, 2.05) is 0 Å². The lowest BCUT2D eigenvalue weighted by atomic mass is 9.99. The number of fused-ring (bicyclic) bond motifs is 2. The van der Waals surface area contributed by atoms with Crippen LogP contribution in [0.1, 0.15) is 19.3 Å². The number of ether oxygens (including phenoxy) is 1. The fraction of sp³-hybridized carbons (Fsp3) is 0.667. The van der Waals surface area contributed by atoms with Crippen molar-refractivity contribution in [3.63, 3.8) is 0 Å². The molecule has 0 aromatic carbocycles. The fourth-order valence-electron chi connectivity index (χ4n) is 2.19. The second-order valence-corrected chi connectivity index (χ2v) is 3.38. The Morgan fingerprint density at radius 2 is 2.45 bits per heavy atom. The summed E-state index contributed by atoms with van der Waals surface area (Å²) in [6, 6.07) is 0. The van der Waals surface area contributed by atoms with Gasteiger partial charge in [-0.25, -0.2) is 4.79 Å². The molecule has 0 aromatic heterocycles. The molecule has 2 atom stereocenters. The Morgan fingerprint density at radius 1 is 1.64 bits per heavy atom. The second kappa shape index (κ2) is 2.36. The van der Waals surface area contributed by atoms with Crippen molar-refractivity contribution in [3.05, 3.63) is 11.6 Å². The maximum absolute atomic E-state index is 11.1. The minimum atomic E-state index is -0.114. The lowest BCUT2D eigenvalue weighted by Crippen LogP contribution is -2.10. The van der Waals surface area contributed by atoms with Crippen LogP contribution in [0.25, 0.3) is 0 Å². The molecule has 60 valence electrons. The predicted molar refractivity (Wildman–Crippen MR) is 40.9 cm³/mol. The normalized spacial score (nSPS) is 33.7.